The molecule has 0 saturated heterocycles. The average molecular weight is 412 g/mol. The van der Waals surface area contributed by atoms with Gasteiger partial charge in [0.15, 0.2) is 0 Å². The molecule has 0 heterocycles. The minimum Gasteiger partial charge on any atom is -0.279 e. The SMILES string of the molecule is Cc1cc(F)ccc1NS(=O)(=O)c1ccc(Br)c(C(F)(F)F)c1. The fourth-order valence-corrected chi connectivity index (χ4v) is 3.46. The number of alkyl halides is 3. The molecule has 0 spiro atoms. The molecule has 0 fully saturated rings. The van der Waals surface area contributed by atoms with E-state index in [4.69, 9.17) is 0 Å². The van der Waals surface area contributed by atoms with E-state index in [9.17, 15) is 26.0 Å². The lowest BCUT2D eigenvalue weighted by molar-refractivity contribution is -0.138. The van der Waals surface area contributed by atoms with Gasteiger partial charge in [0.1, 0.15) is 5.82 Å². The third-order valence-corrected chi connectivity index (χ3v) is 5.04. The zero-order valence-electron chi connectivity index (χ0n) is 11.6. The molecule has 0 amide bonds. The monoisotopic (exact) mass is 411 g/mol. The number of anilines is 1. The molecule has 0 radical (unpaired) electrons. The first-order valence-corrected chi connectivity index (χ1v) is 8.44. The maximum Gasteiger partial charge on any atom is 0.417 e. The first kappa shape index (κ1) is 17.7. The van der Waals surface area contributed by atoms with Crippen LogP contribution in [0.15, 0.2) is 45.8 Å². The van der Waals surface area contributed by atoms with Crippen molar-refractivity contribution in [2.45, 2.75) is 18.0 Å². The molecule has 2 rings (SSSR count). The second-order valence-corrected chi connectivity index (χ2v) is 7.24. The minimum absolute atomic E-state index is 0.0860. The molecule has 0 aliphatic carbocycles. The van der Waals surface area contributed by atoms with E-state index in [1.165, 1.54) is 13.0 Å². The Morgan fingerprint density at radius 1 is 1.09 bits per heavy atom. The molecule has 0 aliphatic heterocycles. The van der Waals surface area contributed by atoms with Crippen molar-refractivity contribution in [2.75, 3.05) is 4.72 Å². The Balaban J connectivity index is 2.44. The Hall–Kier alpha value is -1.61. The fourth-order valence-electron chi connectivity index (χ4n) is 1.83. The van der Waals surface area contributed by atoms with Gasteiger partial charge in [-0.3, -0.25) is 4.72 Å². The highest BCUT2D eigenvalue weighted by Gasteiger charge is 2.34. The predicted octanol–water partition coefficient (Wildman–Crippen LogP) is 4.72. The van der Waals surface area contributed by atoms with Gasteiger partial charge >= 0.3 is 6.18 Å². The van der Waals surface area contributed by atoms with E-state index in [2.05, 4.69) is 20.7 Å². The summed E-state index contributed by atoms with van der Waals surface area (Å²) in [6.45, 7) is 1.48. The smallest absolute Gasteiger partial charge is 0.279 e. The number of nitrogens with one attached hydrogen (secondary N) is 1. The molecule has 0 atom stereocenters. The van der Waals surface area contributed by atoms with E-state index in [1.807, 2.05) is 0 Å². The molecular weight excluding hydrogens is 402 g/mol. The van der Waals surface area contributed by atoms with Gasteiger partial charge in [0.2, 0.25) is 0 Å². The summed E-state index contributed by atoms with van der Waals surface area (Å²) < 4.78 is 78.0. The lowest BCUT2D eigenvalue weighted by atomic mass is 10.2. The van der Waals surface area contributed by atoms with Crippen molar-refractivity contribution >= 4 is 31.6 Å². The molecule has 2 aromatic rings. The van der Waals surface area contributed by atoms with Crippen LogP contribution in [-0.2, 0) is 16.2 Å². The average Bonchev–Trinajstić information content (AvgIpc) is 2.41. The van der Waals surface area contributed by atoms with Gasteiger partial charge in [-0.25, -0.2) is 12.8 Å². The number of rotatable bonds is 3. The first-order chi connectivity index (χ1) is 10.5. The van der Waals surface area contributed by atoms with E-state index >= 15 is 0 Å². The largest absolute Gasteiger partial charge is 0.417 e. The number of hydrogen-bond acceptors (Lipinski definition) is 2. The Morgan fingerprint density at radius 2 is 1.74 bits per heavy atom. The van der Waals surface area contributed by atoms with Gasteiger partial charge in [-0.05, 0) is 48.9 Å². The molecule has 0 aliphatic rings. The molecule has 0 bridgehead atoms. The number of benzene rings is 2. The van der Waals surface area contributed by atoms with Gasteiger partial charge in [0.05, 0.1) is 16.1 Å². The highest BCUT2D eigenvalue weighted by Crippen LogP contribution is 2.36. The van der Waals surface area contributed by atoms with Gasteiger partial charge in [0, 0.05) is 4.47 Å². The summed E-state index contributed by atoms with van der Waals surface area (Å²) in [5.41, 5.74) is -0.708. The summed E-state index contributed by atoms with van der Waals surface area (Å²) in [7, 11) is -4.24. The highest BCUT2D eigenvalue weighted by atomic mass is 79.9. The molecule has 0 saturated carbocycles. The number of aryl methyl sites for hydroxylation is 1. The van der Waals surface area contributed by atoms with Gasteiger partial charge in [-0.2, -0.15) is 13.2 Å². The van der Waals surface area contributed by atoms with E-state index in [-0.39, 0.29) is 10.2 Å². The van der Waals surface area contributed by atoms with Gasteiger partial charge in [-0.15, -0.1) is 0 Å². The van der Waals surface area contributed by atoms with Crippen molar-refractivity contribution in [3.05, 3.63) is 57.8 Å². The van der Waals surface area contributed by atoms with Crippen molar-refractivity contribution in [3.8, 4) is 0 Å². The van der Waals surface area contributed by atoms with Crippen LogP contribution in [0.4, 0.5) is 23.2 Å². The number of hydrogen-bond donors (Lipinski definition) is 1. The zero-order chi connectivity index (χ0) is 17.4. The lowest BCUT2D eigenvalue weighted by Crippen LogP contribution is -2.15. The Labute approximate surface area is 138 Å². The summed E-state index contributed by atoms with van der Waals surface area (Å²) in [6, 6.07) is 5.95. The summed E-state index contributed by atoms with van der Waals surface area (Å²) >= 11 is 2.74. The standard InChI is InChI=1S/C14H10BrF4NO2S/c1-8-6-9(16)2-5-13(8)20-23(21,22)10-3-4-12(15)11(7-10)14(17,18)19/h2-7,20H,1H3. The predicted molar refractivity (Wildman–Crippen MR) is 81.1 cm³/mol. The molecule has 3 nitrogen and oxygen atoms in total. The van der Waals surface area contributed by atoms with Crippen LogP contribution in [0.25, 0.3) is 0 Å². The van der Waals surface area contributed by atoms with Crippen LogP contribution in [0.2, 0.25) is 0 Å². The van der Waals surface area contributed by atoms with Crippen LogP contribution in [0.3, 0.4) is 0 Å². The molecule has 1 N–H and O–H groups in total. The lowest BCUT2D eigenvalue weighted by Gasteiger charge is -2.13. The van der Waals surface area contributed by atoms with Crippen molar-refractivity contribution in [3.63, 3.8) is 0 Å². The maximum atomic E-state index is 13.0. The second kappa shape index (κ2) is 6.12. The topological polar surface area (TPSA) is 46.2 Å². The zero-order valence-corrected chi connectivity index (χ0v) is 14.0. The van der Waals surface area contributed by atoms with Crippen molar-refractivity contribution in [2.24, 2.45) is 0 Å². The van der Waals surface area contributed by atoms with Gasteiger partial charge in [-0.1, -0.05) is 15.9 Å². The van der Waals surface area contributed by atoms with E-state index < -0.39 is 32.5 Å². The van der Waals surface area contributed by atoms with Crippen molar-refractivity contribution < 1.29 is 26.0 Å². The minimum atomic E-state index is -4.70. The number of sulfonamides is 1. The molecule has 124 valence electrons. The summed E-state index contributed by atoms with van der Waals surface area (Å²) in [6.07, 6.45) is -4.70. The molecule has 0 aromatic heterocycles. The summed E-state index contributed by atoms with van der Waals surface area (Å²) in [5, 5.41) is 0. The second-order valence-electron chi connectivity index (χ2n) is 4.70. The first-order valence-electron chi connectivity index (χ1n) is 6.16. The molecular formula is C14H10BrF4NO2S. The third kappa shape index (κ3) is 4.03. The molecule has 2 aromatic carbocycles. The maximum absolute atomic E-state index is 13.0. The Bertz CT molecular complexity index is 850. The van der Waals surface area contributed by atoms with Crippen molar-refractivity contribution in [1.29, 1.82) is 0 Å². The van der Waals surface area contributed by atoms with E-state index in [0.717, 1.165) is 24.3 Å². The van der Waals surface area contributed by atoms with Gasteiger partial charge < -0.3 is 0 Å². The molecule has 0 unspecified atom stereocenters. The van der Waals surface area contributed by atoms with Crippen LogP contribution in [0.5, 0.6) is 0 Å². The normalized spacial score (nSPS) is 12.3. The number of halogens is 5. The molecule has 9 heteroatoms. The van der Waals surface area contributed by atoms with Crippen LogP contribution >= 0.6 is 15.9 Å². The fraction of sp³-hybridized carbons (Fsp3) is 0.143. The Morgan fingerprint density at radius 3 is 2.30 bits per heavy atom. The van der Waals surface area contributed by atoms with E-state index in [1.54, 1.807) is 0 Å². The van der Waals surface area contributed by atoms with Crippen LogP contribution in [0.1, 0.15) is 11.1 Å². The summed E-state index contributed by atoms with van der Waals surface area (Å²) in [5.74, 6) is -0.548. The van der Waals surface area contributed by atoms with Crippen LogP contribution < -0.4 is 4.72 Å². The summed E-state index contributed by atoms with van der Waals surface area (Å²) in [4.78, 5) is -0.545. The highest BCUT2D eigenvalue weighted by molar-refractivity contribution is 9.10. The van der Waals surface area contributed by atoms with Crippen molar-refractivity contribution in [1.82, 2.24) is 0 Å². The van der Waals surface area contributed by atoms with Crippen LogP contribution in [-0.4, -0.2) is 8.42 Å². The van der Waals surface area contributed by atoms with E-state index in [0.29, 0.717) is 11.6 Å². The quantitative estimate of drug-likeness (QED) is 0.742. The van der Waals surface area contributed by atoms with Crippen LogP contribution in [0, 0.1) is 12.7 Å². The third-order valence-electron chi connectivity index (χ3n) is 2.99. The molecule has 23 heavy (non-hydrogen) atoms. The van der Waals surface area contributed by atoms with Gasteiger partial charge in [0.25, 0.3) is 10.0 Å². The Kier molecular flexibility index (Phi) is 4.72.